The lowest BCUT2D eigenvalue weighted by Crippen LogP contribution is -3.00. The molecule has 3 N–H and O–H groups in total. The van der Waals surface area contributed by atoms with Crippen molar-refractivity contribution >= 4 is 0 Å². The first kappa shape index (κ1) is 25.2. The van der Waals surface area contributed by atoms with Crippen LogP contribution < -0.4 is 24.0 Å². The van der Waals surface area contributed by atoms with Crippen molar-refractivity contribution in [3.05, 3.63) is 0 Å². The molecule has 4 aliphatic carbocycles. The Hall–Kier alpha value is 0.570. The molecule has 6 aliphatic rings. The Balaban J connectivity index is 0.00000228. The van der Waals surface area contributed by atoms with Crippen LogP contribution in [-0.2, 0) is 0 Å². The minimum Gasteiger partial charge on any atom is -1.00 e. The molecular formula is C28H48INO3. The summed E-state index contributed by atoms with van der Waals surface area (Å²) in [5.41, 5.74) is -0.357. The van der Waals surface area contributed by atoms with Crippen LogP contribution >= 0.6 is 0 Å². The summed E-state index contributed by atoms with van der Waals surface area (Å²) in [7, 11) is 2.46. The third-order valence-corrected chi connectivity index (χ3v) is 12.7. The first-order valence-corrected chi connectivity index (χ1v) is 14.0. The molecule has 2 saturated heterocycles. The fourth-order valence-corrected chi connectivity index (χ4v) is 11.5. The summed E-state index contributed by atoms with van der Waals surface area (Å²) < 4.78 is 1.09. The van der Waals surface area contributed by atoms with E-state index in [9.17, 15) is 15.3 Å². The molecule has 0 spiro atoms. The van der Waals surface area contributed by atoms with Gasteiger partial charge in [-0.3, -0.25) is 0 Å². The third-order valence-electron chi connectivity index (χ3n) is 12.7. The molecule has 2 heterocycles. The van der Waals surface area contributed by atoms with Gasteiger partial charge in [-0.2, -0.15) is 0 Å². The number of hydrogen-bond donors (Lipinski definition) is 3. The van der Waals surface area contributed by atoms with E-state index in [0.717, 1.165) is 47.9 Å². The number of hydrogen-bond acceptors (Lipinski definition) is 3. The van der Waals surface area contributed by atoms with E-state index in [1.54, 1.807) is 0 Å². The molecule has 0 radical (unpaired) electrons. The third kappa shape index (κ3) is 3.55. The van der Waals surface area contributed by atoms with Gasteiger partial charge in [-0.15, -0.1) is 0 Å². The second kappa shape index (κ2) is 8.29. The van der Waals surface area contributed by atoms with E-state index in [1.165, 1.54) is 45.2 Å². The van der Waals surface area contributed by atoms with Crippen LogP contribution in [0, 0.1) is 52.8 Å². The van der Waals surface area contributed by atoms with Crippen molar-refractivity contribution in [2.75, 3.05) is 20.1 Å². The van der Waals surface area contributed by atoms with Crippen LogP contribution in [0.2, 0.25) is 0 Å². The molecule has 33 heavy (non-hydrogen) atoms. The molecule has 0 aromatic carbocycles. The van der Waals surface area contributed by atoms with Gasteiger partial charge in [-0.25, -0.2) is 0 Å². The van der Waals surface area contributed by atoms with E-state index in [4.69, 9.17) is 0 Å². The van der Waals surface area contributed by atoms with Crippen LogP contribution in [0.25, 0.3) is 0 Å². The predicted molar refractivity (Wildman–Crippen MR) is 126 cm³/mol. The standard InChI is InChI=1S/C28H48NO3.HI/c1-16-5-8-26-28(3,32)22-7-6-18-19(21(22)15-29(26,4)14-16)12-23-20(18)13-25(31)24-11-17(30)9-10-27(23,24)2;/h16-26,30-32H,5-15H2,1-4H3;1H/q+1;/p-1/t16-,17-,18+,19+,20-,21-,22-,23-,24+,25-,26-,27+,28-,29?;/m0./s1. The summed E-state index contributed by atoms with van der Waals surface area (Å²) in [4.78, 5) is 0. The number of rotatable bonds is 0. The van der Waals surface area contributed by atoms with Crippen molar-refractivity contribution in [3.63, 3.8) is 0 Å². The van der Waals surface area contributed by atoms with Gasteiger partial charge in [-0.1, -0.05) is 13.8 Å². The van der Waals surface area contributed by atoms with Crippen LogP contribution in [0.1, 0.15) is 78.6 Å². The number of piperidine rings is 2. The van der Waals surface area contributed by atoms with E-state index < -0.39 is 5.60 Å². The van der Waals surface area contributed by atoms with Crippen LogP contribution in [0.5, 0.6) is 0 Å². The highest BCUT2D eigenvalue weighted by atomic mass is 127. The topological polar surface area (TPSA) is 60.7 Å². The zero-order chi connectivity index (χ0) is 22.6. The maximum atomic E-state index is 12.0. The summed E-state index contributed by atoms with van der Waals surface area (Å²) in [6, 6.07) is 0.406. The molecule has 6 fully saturated rings. The van der Waals surface area contributed by atoms with E-state index in [1.807, 2.05) is 0 Å². The van der Waals surface area contributed by atoms with Gasteiger partial charge in [0, 0.05) is 24.2 Å². The summed E-state index contributed by atoms with van der Waals surface area (Å²) in [6.07, 6.45) is 9.49. The van der Waals surface area contributed by atoms with Gasteiger partial charge >= 0.3 is 0 Å². The predicted octanol–water partition coefficient (Wildman–Crippen LogP) is 0.827. The normalized spacial score (nSPS) is 62.1. The lowest BCUT2D eigenvalue weighted by Gasteiger charge is -2.62. The smallest absolute Gasteiger partial charge is 0.118 e. The van der Waals surface area contributed by atoms with Crippen LogP contribution in [0.3, 0.4) is 0 Å². The number of quaternary nitrogens is 1. The van der Waals surface area contributed by atoms with Gasteiger partial charge in [0.15, 0.2) is 0 Å². The molecule has 4 nitrogen and oxygen atoms in total. The first-order chi connectivity index (χ1) is 15.0. The largest absolute Gasteiger partial charge is 1.00 e. The molecule has 5 heteroatoms. The Bertz CT molecular complexity index is 757. The van der Waals surface area contributed by atoms with Crippen molar-refractivity contribution in [3.8, 4) is 0 Å². The van der Waals surface area contributed by atoms with Gasteiger partial charge in [0.25, 0.3) is 0 Å². The molecular weight excluding hydrogens is 525 g/mol. The van der Waals surface area contributed by atoms with Gasteiger partial charge in [0.2, 0.25) is 0 Å². The minimum atomic E-state index is -0.544. The highest BCUT2D eigenvalue weighted by molar-refractivity contribution is 5.12. The molecule has 190 valence electrons. The molecule has 14 atom stereocenters. The second-order valence-electron chi connectivity index (χ2n) is 14.3. The Morgan fingerprint density at radius 2 is 1.52 bits per heavy atom. The number of aliphatic hydroxyl groups is 3. The molecule has 4 saturated carbocycles. The minimum absolute atomic E-state index is 0. The Labute approximate surface area is 218 Å². The van der Waals surface area contributed by atoms with E-state index in [0.29, 0.717) is 29.7 Å². The summed E-state index contributed by atoms with van der Waals surface area (Å²) in [5, 5.41) is 33.6. The molecule has 0 aromatic rings. The Morgan fingerprint density at radius 3 is 2.27 bits per heavy atom. The number of aliphatic hydroxyl groups excluding tert-OH is 2. The van der Waals surface area contributed by atoms with Crippen molar-refractivity contribution in [2.24, 2.45) is 52.8 Å². The highest BCUT2D eigenvalue weighted by Crippen LogP contribution is 2.67. The van der Waals surface area contributed by atoms with E-state index in [2.05, 4.69) is 27.8 Å². The monoisotopic (exact) mass is 573 g/mol. The van der Waals surface area contributed by atoms with Crippen molar-refractivity contribution in [2.45, 2.75) is 102 Å². The Morgan fingerprint density at radius 1 is 0.758 bits per heavy atom. The number of fused-ring (bicyclic) bond motifs is 8. The maximum Gasteiger partial charge on any atom is 0.118 e. The molecule has 0 aromatic heterocycles. The average molecular weight is 574 g/mol. The van der Waals surface area contributed by atoms with Gasteiger partial charge < -0.3 is 43.8 Å². The van der Waals surface area contributed by atoms with E-state index >= 15 is 0 Å². The Kier molecular flexibility index (Phi) is 6.34. The van der Waals surface area contributed by atoms with Crippen LogP contribution in [0.15, 0.2) is 0 Å². The van der Waals surface area contributed by atoms with Crippen LogP contribution in [-0.4, -0.2) is 63.8 Å². The fourth-order valence-electron chi connectivity index (χ4n) is 11.5. The summed E-state index contributed by atoms with van der Waals surface area (Å²) in [5.74, 6) is 4.93. The summed E-state index contributed by atoms with van der Waals surface area (Å²) in [6.45, 7) is 9.56. The lowest BCUT2D eigenvalue weighted by molar-refractivity contribution is -0.959. The number of nitrogens with zero attached hydrogens (tertiary/aromatic N) is 1. The zero-order valence-corrected chi connectivity index (χ0v) is 23.5. The maximum absolute atomic E-state index is 12.0. The SMILES string of the molecule is C[C@H]1CC[C@H]2[C@@](C)(O)[C@H]3CC[C@@H]4[C@@H](C[C@H]5[C@H]4C[C@H](O)[C@H]4C[C@@H](O)CC[C@@]45C)[C@@H]3C[N+]2(C)C1.[I-]. The molecule has 0 amide bonds. The molecule has 0 bridgehead atoms. The number of halogens is 1. The van der Waals surface area contributed by atoms with Gasteiger partial charge in [-0.05, 0) is 93.3 Å². The summed E-state index contributed by atoms with van der Waals surface area (Å²) >= 11 is 0. The second-order valence-corrected chi connectivity index (χ2v) is 14.3. The first-order valence-electron chi connectivity index (χ1n) is 14.0. The lowest BCUT2D eigenvalue weighted by atomic mass is 9.51. The highest BCUT2D eigenvalue weighted by Gasteiger charge is 2.67. The van der Waals surface area contributed by atoms with Crippen molar-refractivity contribution < 1.29 is 43.8 Å². The zero-order valence-electron chi connectivity index (χ0n) is 21.3. The average Bonchev–Trinajstić information content (AvgIpc) is 3.08. The van der Waals surface area contributed by atoms with Gasteiger partial charge in [0.1, 0.15) is 11.6 Å². The van der Waals surface area contributed by atoms with Gasteiger partial charge in [0.05, 0.1) is 32.3 Å². The number of likely N-dealkylation sites (N-methyl/N-ethyl adjacent to an activating group) is 1. The molecule has 1 unspecified atom stereocenters. The van der Waals surface area contributed by atoms with Crippen molar-refractivity contribution in [1.29, 1.82) is 0 Å². The van der Waals surface area contributed by atoms with Crippen molar-refractivity contribution in [1.82, 2.24) is 0 Å². The molecule has 2 aliphatic heterocycles. The quantitative estimate of drug-likeness (QED) is 0.297. The fraction of sp³-hybridized carbons (Fsp3) is 1.00. The van der Waals surface area contributed by atoms with E-state index in [-0.39, 0.29) is 47.5 Å². The molecule has 6 rings (SSSR count). The van der Waals surface area contributed by atoms with Crippen LogP contribution in [0.4, 0.5) is 0 Å².